The van der Waals surface area contributed by atoms with E-state index in [0.29, 0.717) is 12.1 Å². The molecule has 0 radical (unpaired) electrons. The highest BCUT2D eigenvalue weighted by Crippen LogP contribution is 2.27. The molecule has 0 aliphatic rings. The van der Waals surface area contributed by atoms with Gasteiger partial charge in [0.15, 0.2) is 0 Å². The molecule has 130 valence electrons. The van der Waals surface area contributed by atoms with Gasteiger partial charge in [-0.05, 0) is 18.1 Å². The van der Waals surface area contributed by atoms with Crippen molar-refractivity contribution in [2.24, 2.45) is 7.05 Å². The number of hydrogen-bond acceptors (Lipinski definition) is 3. The second kappa shape index (κ2) is 7.37. The molecule has 0 saturated heterocycles. The summed E-state index contributed by atoms with van der Waals surface area (Å²) in [6, 6.07) is 5.83. The summed E-state index contributed by atoms with van der Waals surface area (Å²) >= 11 is 0. The van der Waals surface area contributed by atoms with Gasteiger partial charge in [0.1, 0.15) is 11.6 Å². The summed E-state index contributed by atoms with van der Waals surface area (Å²) in [5.41, 5.74) is 0.341. The van der Waals surface area contributed by atoms with Crippen LogP contribution in [0.5, 0.6) is 5.75 Å². The largest absolute Gasteiger partial charge is 0.573 e. The summed E-state index contributed by atoms with van der Waals surface area (Å²) in [7, 11) is 3.46. The van der Waals surface area contributed by atoms with E-state index in [2.05, 4.69) is 9.72 Å². The highest BCUT2D eigenvalue weighted by molar-refractivity contribution is 5.76. The smallest absolute Gasteiger partial charge is 0.406 e. The molecule has 1 heterocycles. The standard InChI is InChI=1S/C16H18F3N3O2/c1-21-10-9-20-14(21)11-22(2)15(23)8-7-12-5-3-4-6-13(12)24-16(17,18)19/h3-6,9-10H,7-8,11H2,1-2H3. The third kappa shape index (κ3) is 5.00. The molecule has 0 fully saturated rings. The highest BCUT2D eigenvalue weighted by Gasteiger charge is 2.32. The molecule has 0 bridgehead atoms. The molecule has 2 rings (SSSR count). The van der Waals surface area contributed by atoms with Gasteiger partial charge in [0, 0.05) is 32.9 Å². The normalized spacial score (nSPS) is 11.4. The predicted molar refractivity (Wildman–Crippen MR) is 81.1 cm³/mol. The van der Waals surface area contributed by atoms with Gasteiger partial charge in [0.25, 0.3) is 0 Å². The van der Waals surface area contributed by atoms with E-state index in [0.717, 1.165) is 5.82 Å². The Morgan fingerprint density at radius 1 is 1.33 bits per heavy atom. The van der Waals surface area contributed by atoms with Crippen molar-refractivity contribution in [1.29, 1.82) is 0 Å². The number of halogens is 3. The minimum absolute atomic E-state index is 0.0825. The Morgan fingerprint density at radius 2 is 2.04 bits per heavy atom. The minimum Gasteiger partial charge on any atom is -0.406 e. The summed E-state index contributed by atoms with van der Waals surface area (Å²) < 4.78 is 43.0. The number of hydrogen-bond donors (Lipinski definition) is 0. The molecule has 0 aliphatic carbocycles. The van der Waals surface area contributed by atoms with E-state index in [1.54, 1.807) is 30.1 Å². The molecule has 1 aromatic heterocycles. The number of aryl methyl sites for hydroxylation is 2. The van der Waals surface area contributed by atoms with Crippen LogP contribution < -0.4 is 4.74 Å². The fourth-order valence-electron chi connectivity index (χ4n) is 2.22. The minimum atomic E-state index is -4.75. The maximum absolute atomic E-state index is 12.4. The molecule has 0 atom stereocenters. The van der Waals surface area contributed by atoms with E-state index in [-0.39, 0.29) is 24.5 Å². The van der Waals surface area contributed by atoms with Crippen LogP contribution in [0.15, 0.2) is 36.7 Å². The maximum Gasteiger partial charge on any atom is 0.573 e. The van der Waals surface area contributed by atoms with Gasteiger partial charge in [0.05, 0.1) is 6.54 Å². The number of aromatic nitrogens is 2. The summed E-state index contributed by atoms with van der Waals surface area (Å²) in [5.74, 6) is 0.274. The lowest BCUT2D eigenvalue weighted by molar-refractivity contribution is -0.274. The molecule has 1 aromatic carbocycles. The van der Waals surface area contributed by atoms with E-state index in [1.165, 1.54) is 23.1 Å². The topological polar surface area (TPSA) is 47.4 Å². The molecule has 0 N–H and O–H groups in total. The Kier molecular flexibility index (Phi) is 5.48. The van der Waals surface area contributed by atoms with Crippen molar-refractivity contribution in [3.05, 3.63) is 48.0 Å². The third-order valence-electron chi connectivity index (χ3n) is 3.53. The van der Waals surface area contributed by atoms with Crippen LogP contribution in [0.3, 0.4) is 0 Å². The Labute approximate surface area is 137 Å². The summed E-state index contributed by atoms with van der Waals surface area (Å²) in [6.45, 7) is 0.336. The van der Waals surface area contributed by atoms with Gasteiger partial charge in [-0.1, -0.05) is 18.2 Å². The first-order valence-corrected chi connectivity index (χ1v) is 7.30. The van der Waals surface area contributed by atoms with Crippen LogP contribution in [0, 0.1) is 0 Å². The predicted octanol–water partition coefficient (Wildman–Crippen LogP) is 2.91. The number of ether oxygens (including phenoxy) is 1. The van der Waals surface area contributed by atoms with Crippen molar-refractivity contribution in [2.75, 3.05) is 7.05 Å². The van der Waals surface area contributed by atoms with E-state index in [1.807, 2.05) is 7.05 Å². The summed E-state index contributed by atoms with van der Waals surface area (Å²) in [4.78, 5) is 17.8. The number of para-hydroxylation sites is 1. The molecule has 1 amide bonds. The van der Waals surface area contributed by atoms with E-state index >= 15 is 0 Å². The molecule has 2 aromatic rings. The number of alkyl halides is 3. The van der Waals surface area contributed by atoms with E-state index in [9.17, 15) is 18.0 Å². The second-order valence-corrected chi connectivity index (χ2v) is 5.36. The van der Waals surface area contributed by atoms with Crippen LogP contribution in [-0.2, 0) is 24.8 Å². The van der Waals surface area contributed by atoms with Crippen LogP contribution in [0.4, 0.5) is 13.2 Å². The molecule has 8 heteroatoms. The lowest BCUT2D eigenvalue weighted by atomic mass is 10.1. The third-order valence-corrected chi connectivity index (χ3v) is 3.53. The Bertz CT molecular complexity index is 698. The zero-order valence-corrected chi connectivity index (χ0v) is 13.4. The van der Waals surface area contributed by atoms with Gasteiger partial charge in [-0.2, -0.15) is 0 Å². The molecule has 0 spiro atoms. The van der Waals surface area contributed by atoms with Gasteiger partial charge in [-0.15, -0.1) is 13.2 Å². The second-order valence-electron chi connectivity index (χ2n) is 5.36. The first kappa shape index (κ1) is 17.8. The first-order valence-electron chi connectivity index (χ1n) is 7.30. The van der Waals surface area contributed by atoms with Gasteiger partial charge < -0.3 is 14.2 Å². The number of nitrogens with zero attached hydrogens (tertiary/aromatic N) is 3. The quantitative estimate of drug-likeness (QED) is 0.812. The van der Waals surface area contributed by atoms with Gasteiger partial charge in [-0.3, -0.25) is 4.79 Å². The van der Waals surface area contributed by atoms with Crippen LogP contribution in [0.2, 0.25) is 0 Å². The Morgan fingerprint density at radius 3 is 2.67 bits per heavy atom. The highest BCUT2D eigenvalue weighted by atomic mass is 19.4. The zero-order valence-electron chi connectivity index (χ0n) is 13.4. The summed E-state index contributed by atoms with van der Waals surface area (Å²) in [5, 5.41) is 0. The number of carbonyl (C=O) groups is 1. The number of rotatable bonds is 6. The molecule has 0 unspecified atom stereocenters. The molecular weight excluding hydrogens is 323 g/mol. The van der Waals surface area contributed by atoms with Crippen molar-refractivity contribution in [3.8, 4) is 5.75 Å². The van der Waals surface area contributed by atoms with Crippen molar-refractivity contribution in [3.63, 3.8) is 0 Å². The lowest BCUT2D eigenvalue weighted by Crippen LogP contribution is -2.27. The fourth-order valence-corrected chi connectivity index (χ4v) is 2.22. The first-order chi connectivity index (χ1) is 11.3. The average molecular weight is 341 g/mol. The van der Waals surface area contributed by atoms with E-state index in [4.69, 9.17) is 0 Å². The Balaban J connectivity index is 1.95. The SMILES string of the molecule is CN(Cc1nccn1C)C(=O)CCc1ccccc1OC(F)(F)F. The zero-order chi connectivity index (χ0) is 17.7. The number of benzene rings is 1. The average Bonchev–Trinajstić information content (AvgIpc) is 2.89. The monoisotopic (exact) mass is 341 g/mol. The van der Waals surface area contributed by atoms with Crippen LogP contribution >= 0.6 is 0 Å². The van der Waals surface area contributed by atoms with Gasteiger partial charge in [0.2, 0.25) is 5.91 Å². The molecule has 0 saturated carbocycles. The van der Waals surface area contributed by atoms with Crippen molar-refractivity contribution in [1.82, 2.24) is 14.5 Å². The molecular formula is C16H18F3N3O2. The fraction of sp³-hybridized carbons (Fsp3) is 0.375. The van der Waals surface area contributed by atoms with Gasteiger partial charge in [-0.25, -0.2) is 4.98 Å². The van der Waals surface area contributed by atoms with Gasteiger partial charge >= 0.3 is 6.36 Å². The number of imidazole rings is 1. The van der Waals surface area contributed by atoms with Crippen molar-refractivity contribution in [2.45, 2.75) is 25.7 Å². The van der Waals surface area contributed by atoms with E-state index < -0.39 is 6.36 Å². The molecule has 5 nitrogen and oxygen atoms in total. The lowest BCUT2D eigenvalue weighted by Gasteiger charge is -2.18. The van der Waals surface area contributed by atoms with Crippen LogP contribution in [0.25, 0.3) is 0 Å². The maximum atomic E-state index is 12.4. The van der Waals surface area contributed by atoms with Crippen molar-refractivity contribution >= 4 is 5.91 Å². The summed E-state index contributed by atoms with van der Waals surface area (Å²) in [6.07, 6.45) is -1.10. The molecule has 0 aliphatic heterocycles. The number of amides is 1. The Hall–Kier alpha value is -2.51. The van der Waals surface area contributed by atoms with Crippen LogP contribution in [-0.4, -0.2) is 33.8 Å². The van der Waals surface area contributed by atoms with Crippen molar-refractivity contribution < 1.29 is 22.7 Å². The molecule has 24 heavy (non-hydrogen) atoms. The number of carbonyl (C=O) groups excluding carboxylic acids is 1. The van der Waals surface area contributed by atoms with Crippen LogP contribution in [0.1, 0.15) is 17.8 Å².